The van der Waals surface area contributed by atoms with Crippen LogP contribution in [0.1, 0.15) is 30.5 Å². The molecule has 2 aliphatic rings. The van der Waals surface area contributed by atoms with E-state index in [1.165, 1.54) is 31.4 Å². The minimum absolute atomic E-state index is 0. The molecule has 3 heterocycles. The van der Waals surface area contributed by atoms with Crippen LogP contribution < -0.4 is 5.32 Å². The summed E-state index contributed by atoms with van der Waals surface area (Å²) in [5, 5.41) is 7.70. The molecule has 1 N–H and O–H groups in total. The second kappa shape index (κ2) is 12.4. The van der Waals surface area contributed by atoms with Crippen LogP contribution in [0.3, 0.4) is 0 Å². The molecule has 1 aromatic carbocycles. The highest BCUT2D eigenvalue weighted by Crippen LogP contribution is 2.19. The van der Waals surface area contributed by atoms with Gasteiger partial charge in [-0.15, -0.1) is 24.0 Å². The van der Waals surface area contributed by atoms with Crippen LogP contribution in [0.2, 0.25) is 0 Å². The molecule has 2 fully saturated rings. The van der Waals surface area contributed by atoms with Crippen molar-refractivity contribution in [2.75, 3.05) is 46.3 Å². The molecule has 1 atom stereocenters. The third-order valence-electron chi connectivity index (χ3n) is 6.23. The highest BCUT2D eigenvalue weighted by Gasteiger charge is 2.25. The molecule has 1 unspecified atom stereocenters. The lowest BCUT2D eigenvalue weighted by Crippen LogP contribution is -2.54. The molecule has 2 aliphatic heterocycles. The van der Waals surface area contributed by atoms with E-state index in [2.05, 4.69) is 60.5 Å². The Morgan fingerprint density at radius 1 is 1.06 bits per heavy atom. The normalized spacial score (nSPS) is 21.0. The molecular formula is C23H35IN6O. The number of aliphatic imine (C=N–C) groups is 1. The van der Waals surface area contributed by atoms with Gasteiger partial charge in [0.2, 0.25) is 0 Å². The van der Waals surface area contributed by atoms with Crippen molar-refractivity contribution < 1.29 is 4.52 Å². The number of halogens is 1. The summed E-state index contributed by atoms with van der Waals surface area (Å²) in [5.41, 5.74) is 2.40. The van der Waals surface area contributed by atoms with Crippen molar-refractivity contribution in [1.29, 1.82) is 0 Å². The zero-order valence-electron chi connectivity index (χ0n) is 18.4. The van der Waals surface area contributed by atoms with Crippen LogP contribution in [0, 0.1) is 0 Å². The molecule has 4 rings (SSSR count). The van der Waals surface area contributed by atoms with Crippen molar-refractivity contribution in [3.63, 3.8) is 0 Å². The van der Waals surface area contributed by atoms with Crippen LogP contribution in [-0.2, 0) is 13.1 Å². The zero-order chi connectivity index (χ0) is 20.6. The van der Waals surface area contributed by atoms with E-state index < -0.39 is 0 Å². The Bertz CT molecular complexity index is 777. The van der Waals surface area contributed by atoms with Gasteiger partial charge >= 0.3 is 0 Å². The van der Waals surface area contributed by atoms with Gasteiger partial charge < -0.3 is 14.7 Å². The van der Waals surface area contributed by atoms with Gasteiger partial charge in [0.05, 0.1) is 5.69 Å². The highest BCUT2D eigenvalue weighted by atomic mass is 127. The molecule has 0 radical (unpaired) electrons. The van der Waals surface area contributed by atoms with Crippen LogP contribution in [-0.4, -0.2) is 78.2 Å². The third kappa shape index (κ3) is 6.92. The van der Waals surface area contributed by atoms with Gasteiger partial charge in [-0.3, -0.25) is 14.8 Å². The number of rotatable bonds is 6. The van der Waals surface area contributed by atoms with Crippen molar-refractivity contribution in [1.82, 2.24) is 25.2 Å². The first-order valence-corrected chi connectivity index (χ1v) is 11.2. The Balaban J connectivity index is 0.00000272. The van der Waals surface area contributed by atoms with Crippen LogP contribution >= 0.6 is 24.0 Å². The zero-order valence-corrected chi connectivity index (χ0v) is 20.8. The van der Waals surface area contributed by atoms with E-state index in [0.717, 1.165) is 57.5 Å². The predicted molar refractivity (Wildman–Crippen MR) is 135 cm³/mol. The maximum absolute atomic E-state index is 4.95. The molecule has 7 nitrogen and oxygen atoms in total. The summed E-state index contributed by atoms with van der Waals surface area (Å²) in [6.45, 7) is 8.01. The Morgan fingerprint density at radius 3 is 2.58 bits per heavy atom. The van der Waals surface area contributed by atoms with E-state index in [1.807, 2.05) is 13.1 Å². The summed E-state index contributed by atoms with van der Waals surface area (Å²) in [6, 6.07) is 13.3. The molecular weight excluding hydrogens is 503 g/mol. The third-order valence-corrected chi connectivity index (χ3v) is 6.23. The van der Waals surface area contributed by atoms with Crippen molar-refractivity contribution in [3.8, 4) is 0 Å². The Hall–Kier alpha value is -1.65. The summed E-state index contributed by atoms with van der Waals surface area (Å²) in [6.07, 6.45) is 5.51. The number of nitrogens with one attached hydrogen (secondary N) is 1. The molecule has 2 aromatic rings. The number of piperazine rings is 1. The molecule has 0 spiro atoms. The minimum atomic E-state index is 0. The van der Waals surface area contributed by atoms with Crippen molar-refractivity contribution in [2.24, 2.45) is 4.99 Å². The van der Waals surface area contributed by atoms with Crippen molar-refractivity contribution in [3.05, 3.63) is 53.9 Å². The quantitative estimate of drug-likeness (QED) is 0.347. The maximum Gasteiger partial charge on any atom is 0.193 e. The van der Waals surface area contributed by atoms with Crippen LogP contribution in [0.15, 0.2) is 52.2 Å². The van der Waals surface area contributed by atoms with Crippen LogP contribution in [0.25, 0.3) is 0 Å². The maximum atomic E-state index is 4.95. The van der Waals surface area contributed by atoms with E-state index in [9.17, 15) is 0 Å². The van der Waals surface area contributed by atoms with Gasteiger partial charge in [-0.1, -0.05) is 41.9 Å². The highest BCUT2D eigenvalue weighted by molar-refractivity contribution is 14.0. The van der Waals surface area contributed by atoms with Gasteiger partial charge in [0, 0.05) is 65.0 Å². The first-order chi connectivity index (χ1) is 14.8. The number of likely N-dealkylation sites (tertiary alicyclic amines) is 1. The van der Waals surface area contributed by atoms with Gasteiger partial charge in [0.1, 0.15) is 6.26 Å². The van der Waals surface area contributed by atoms with E-state index in [1.54, 1.807) is 6.26 Å². The summed E-state index contributed by atoms with van der Waals surface area (Å²) >= 11 is 0. The molecule has 31 heavy (non-hydrogen) atoms. The number of guanidine groups is 1. The minimum Gasteiger partial charge on any atom is -0.364 e. The first kappa shape index (κ1) is 24.0. The molecule has 2 saturated heterocycles. The second-order valence-electron chi connectivity index (χ2n) is 8.29. The summed E-state index contributed by atoms with van der Waals surface area (Å²) in [4.78, 5) is 12.0. The second-order valence-corrected chi connectivity index (χ2v) is 8.29. The average molecular weight is 538 g/mol. The van der Waals surface area contributed by atoms with Crippen molar-refractivity contribution in [2.45, 2.75) is 38.4 Å². The number of hydrogen-bond acceptors (Lipinski definition) is 5. The largest absolute Gasteiger partial charge is 0.364 e. The van der Waals surface area contributed by atoms with E-state index >= 15 is 0 Å². The lowest BCUT2D eigenvalue weighted by Gasteiger charge is -2.39. The van der Waals surface area contributed by atoms with Gasteiger partial charge in [-0.2, -0.15) is 0 Å². The van der Waals surface area contributed by atoms with Crippen molar-refractivity contribution >= 4 is 29.9 Å². The fourth-order valence-electron chi connectivity index (χ4n) is 4.52. The van der Waals surface area contributed by atoms with Gasteiger partial charge in [0.25, 0.3) is 0 Å². The van der Waals surface area contributed by atoms with E-state index in [4.69, 9.17) is 4.52 Å². The Kier molecular flexibility index (Phi) is 9.60. The van der Waals surface area contributed by atoms with Gasteiger partial charge in [-0.05, 0) is 24.9 Å². The Labute approximate surface area is 202 Å². The smallest absolute Gasteiger partial charge is 0.193 e. The van der Waals surface area contributed by atoms with Gasteiger partial charge in [-0.25, -0.2) is 0 Å². The lowest BCUT2D eigenvalue weighted by molar-refractivity contribution is 0.138. The summed E-state index contributed by atoms with van der Waals surface area (Å²) in [5.74, 6) is 1.03. The molecule has 1 aromatic heterocycles. The number of hydrogen-bond donors (Lipinski definition) is 1. The monoisotopic (exact) mass is 538 g/mol. The standard InChI is InChI=1S/C23H34N6O.HI/c1-24-23(28-14-12-27(13-15-28)19-21-10-16-30-26-21)25-17-22-9-5-6-11-29(22)18-20-7-3-2-4-8-20;/h2-4,7-8,10,16,22H,5-6,9,11-15,17-19H2,1H3,(H,24,25);1H. The van der Waals surface area contributed by atoms with Crippen LogP contribution in [0.5, 0.6) is 0 Å². The topological polar surface area (TPSA) is 60.1 Å². The van der Waals surface area contributed by atoms with Gasteiger partial charge in [0.15, 0.2) is 5.96 Å². The molecule has 0 bridgehead atoms. The van der Waals surface area contributed by atoms with E-state index in [-0.39, 0.29) is 24.0 Å². The summed E-state index contributed by atoms with van der Waals surface area (Å²) in [7, 11) is 1.90. The number of aromatic nitrogens is 1. The Morgan fingerprint density at radius 2 is 1.87 bits per heavy atom. The summed E-state index contributed by atoms with van der Waals surface area (Å²) < 4.78 is 4.95. The van der Waals surface area contributed by atoms with Crippen LogP contribution in [0.4, 0.5) is 0 Å². The number of nitrogens with zero attached hydrogens (tertiary/aromatic N) is 5. The molecule has 170 valence electrons. The number of benzene rings is 1. The molecule has 0 saturated carbocycles. The molecule has 0 aliphatic carbocycles. The molecule has 8 heteroatoms. The fourth-order valence-corrected chi connectivity index (χ4v) is 4.52. The predicted octanol–water partition coefficient (Wildman–Crippen LogP) is 3.04. The molecule has 0 amide bonds. The number of piperidine rings is 1. The SMILES string of the molecule is CN=C(NCC1CCCCN1Cc1ccccc1)N1CCN(Cc2ccon2)CC1.I. The lowest BCUT2D eigenvalue weighted by atomic mass is 10.0. The first-order valence-electron chi connectivity index (χ1n) is 11.2. The van der Waals surface area contributed by atoms with E-state index in [0.29, 0.717) is 6.04 Å². The average Bonchev–Trinajstić information content (AvgIpc) is 3.30. The fraction of sp³-hybridized carbons (Fsp3) is 0.565.